The SMILES string of the molecule is COc1cc(C(=O)CCBr)ccc1O. The van der Waals surface area contributed by atoms with E-state index in [0.717, 1.165) is 0 Å². The minimum absolute atomic E-state index is 0.0279. The number of alkyl halides is 1. The molecule has 0 aromatic heterocycles. The maximum Gasteiger partial charge on any atom is 0.163 e. The minimum Gasteiger partial charge on any atom is -0.504 e. The lowest BCUT2D eigenvalue weighted by atomic mass is 10.1. The summed E-state index contributed by atoms with van der Waals surface area (Å²) in [5, 5.41) is 9.94. The maximum absolute atomic E-state index is 11.5. The highest BCUT2D eigenvalue weighted by molar-refractivity contribution is 9.09. The van der Waals surface area contributed by atoms with Crippen molar-refractivity contribution in [3.63, 3.8) is 0 Å². The second kappa shape index (κ2) is 5.00. The molecule has 1 aromatic rings. The van der Waals surface area contributed by atoms with Gasteiger partial charge in [-0.15, -0.1) is 0 Å². The van der Waals surface area contributed by atoms with Crippen molar-refractivity contribution in [1.82, 2.24) is 0 Å². The number of phenols is 1. The number of hydrogen-bond acceptors (Lipinski definition) is 3. The highest BCUT2D eigenvalue weighted by Gasteiger charge is 2.08. The summed E-state index contributed by atoms with van der Waals surface area (Å²) in [6.07, 6.45) is 0.438. The Balaban J connectivity index is 2.94. The zero-order chi connectivity index (χ0) is 10.6. The van der Waals surface area contributed by atoms with Crippen molar-refractivity contribution in [3.05, 3.63) is 23.8 Å². The van der Waals surface area contributed by atoms with Crippen LogP contribution in [-0.2, 0) is 0 Å². The summed E-state index contributed by atoms with van der Waals surface area (Å²) < 4.78 is 4.90. The van der Waals surface area contributed by atoms with Crippen molar-refractivity contribution in [3.8, 4) is 11.5 Å². The minimum atomic E-state index is 0.0279. The van der Waals surface area contributed by atoms with Crippen LogP contribution in [0.2, 0.25) is 0 Å². The van der Waals surface area contributed by atoms with E-state index >= 15 is 0 Å². The van der Waals surface area contributed by atoms with E-state index < -0.39 is 0 Å². The molecule has 0 spiro atoms. The van der Waals surface area contributed by atoms with Gasteiger partial charge < -0.3 is 9.84 Å². The normalized spacial score (nSPS) is 9.86. The molecule has 0 aliphatic heterocycles. The number of phenolic OH excluding ortho intramolecular Hbond substituents is 1. The molecular weight excluding hydrogens is 248 g/mol. The summed E-state index contributed by atoms with van der Waals surface area (Å²) in [4.78, 5) is 11.5. The number of halogens is 1. The van der Waals surface area contributed by atoms with E-state index in [2.05, 4.69) is 15.9 Å². The number of hydrogen-bond donors (Lipinski definition) is 1. The Kier molecular flexibility index (Phi) is 3.95. The third kappa shape index (κ3) is 2.48. The Labute approximate surface area is 90.8 Å². The van der Waals surface area contributed by atoms with Crippen LogP contribution in [-0.4, -0.2) is 23.3 Å². The van der Waals surface area contributed by atoms with Gasteiger partial charge in [-0.1, -0.05) is 15.9 Å². The Morgan fingerprint density at radius 1 is 1.57 bits per heavy atom. The van der Waals surface area contributed by atoms with Crippen molar-refractivity contribution in [2.45, 2.75) is 6.42 Å². The molecule has 14 heavy (non-hydrogen) atoms. The van der Waals surface area contributed by atoms with E-state index in [1.54, 1.807) is 12.1 Å². The number of Topliss-reactive ketones (excluding diaryl/α,β-unsaturated/α-hetero) is 1. The highest BCUT2D eigenvalue weighted by atomic mass is 79.9. The quantitative estimate of drug-likeness (QED) is 0.667. The van der Waals surface area contributed by atoms with Crippen LogP contribution in [0.25, 0.3) is 0 Å². The third-order valence-electron chi connectivity index (χ3n) is 1.82. The van der Waals surface area contributed by atoms with Gasteiger partial charge in [0.2, 0.25) is 0 Å². The molecule has 1 aromatic carbocycles. The zero-order valence-corrected chi connectivity index (χ0v) is 9.37. The molecule has 76 valence electrons. The molecular formula is C10H11BrO3. The topological polar surface area (TPSA) is 46.5 Å². The molecule has 0 saturated heterocycles. The largest absolute Gasteiger partial charge is 0.504 e. The number of rotatable bonds is 4. The van der Waals surface area contributed by atoms with Crippen LogP contribution in [0.3, 0.4) is 0 Å². The summed E-state index contributed by atoms with van der Waals surface area (Å²) in [6.45, 7) is 0. The summed E-state index contributed by atoms with van der Waals surface area (Å²) in [6, 6.07) is 4.59. The number of ether oxygens (including phenoxy) is 1. The molecule has 0 aliphatic rings. The van der Waals surface area contributed by atoms with Crippen LogP contribution in [0, 0.1) is 0 Å². The lowest BCUT2D eigenvalue weighted by Gasteiger charge is -2.05. The molecule has 0 fully saturated rings. The van der Waals surface area contributed by atoms with Gasteiger partial charge in [-0.3, -0.25) is 4.79 Å². The lowest BCUT2D eigenvalue weighted by Crippen LogP contribution is -1.99. The number of benzene rings is 1. The molecule has 3 nitrogen and oxygen atoms in total. The third-order valence-corrected chi connectivity index (χ3v) is 2.22. The second-order valence-corrected chi connectivity index (χ2v) is 3.54. The smallest absolute Gasteiger partial charge is 0.163 e. The molecule has 1 rings (SSSR count). The second-order valence-electron chi connectivity index (χ2n) is 2.75. The summed E-state index contributed by atoms with van der Waals surface area (Å²) in [7, 11) is 1.45. The Morgan fingerprint density at radius 3 is 2.86 bits per heavy atom. The molecule has 0 aliphatic carbocycles. The predicted octanol–water partition coefficient (Wildman–Crippen LogP) is 2.37. The molecule has 0 amide bonds. The number of carbonyl (C=O) groups excluding carboxylic acids is 1. The Morgan fingerprint density at radius 2 is 2.29 bits per heavy atom. The number of methoxy groups -OCH3 is 1. The first kappa shape index (κ1) is 11.0. The van der Waals surface area contributed by atoms with Crippen molar-refractivity contribution in [2.75, 3.05) is 12.4 Å². The van der Waals surface area contributed by atoms with Gasteiger partial charge in [-0.2, -0.15) is 0 Å². The summed E-state index contributed by atoms with van der Waals surface area (Å²) >= 11 is 3.20. The van der Waals surface area contributed by atoms with Gasteiger partial charge in [-0.05, 0) is 18.2 Å². The fourth-order valence-electron chi connectivity index (χ4n) is 1.08. The van der Waals surface area contributed by atoms with Crippen molar-refractivity contribution in [2.24, 2.45) is 0 Å². The van der Waals surface area contributed by atoms with Gasteiger partial charge in [0.05, 0.1) is 7.11 Å². The van der Waals surface area contributed by atoms with Crippen LogP contribution < -0.4 is 4.74 Å². The van der Waals surface area contributed by atoms with Crippen LogP contribution in [0.15, 0.2) is 18.2 Å². The van der Waals surface area contributed by atoms with Crippen molar-refractivity contribution < 1.29 is 14.6 Å². The van der Waals surface area contributed by atoms with E-state index in [9.17, 15) is 9.90 Å². The fourth-order valence-corrected chi connectivity index (χ4v) is 1.44. The molecule has 0 atom stereocenters. The van der Waals surface area contributed by atoms with Gasteiger partial charge in [0.25, 0.3) is 0 Å². The first-order valence-electron chi connectivity index (χ1n) is 4.15. The average Bonchev–Trinajstić information content (AvgIpc) is 2.19. The van der Waals surface area contributed by atoms with E-state index in [1.807, 2.05) is 0 Å². The average molecular weight is 259 g/mol. The summed E-state index contributed by atoms with van der Waals surface area (Å²) in [5.41, 5.74) is 0.555. The highest BCUT2D eigenvalue weighted by Crippen LogP contribution is 2.26. The zero-order valence-electron chi connectivity index (χ0n) is 7.79. The number of carbonyl (C=O) groups is 1. The van der Waals surface area contributed by atoms with E-state index in [1.165, 1.54) is 13.2 Å². The van der Waals surface area contributed by atoms with Gasteiger partial charge in [0.1, 0.15) is 0 Å². The Hall–Kier alpha value is -1.03. The van der Waals surface area contributed by atoms with E-state index in [4.69, 9.17) is 4.74 Å². The molecule has 1 N–H and O–H groups in total. The van der Waals surface area contributed by atoms with Crippen LogP contribution in [0.4, 0.5) is 0 Å². The Bertz CT molecular complexity index is 336. The summed E-state index contributed by atoms with van der Waals surface area (Å²) in [5.74, 6) is 0.397. The van der Waals surface area contributed by atoms with Crippen molar-refractivity contribution >= 4 is 21.7 Å². The first-order valence-corrected chi connectivity index (χ1v) is 5.27. The van der Waals surface area contributed by atoms with E-state index in [-0.39, 0.29) is 11.5 Å². The molecule has 0 unspecified atom stereocenters. The lowest BCUT2D eigenvalue weighted by molar-refractivity contribution is 0.0989. The van der Waals surface area contributed by atoms with Crippen LogP contribution in [0.1, 0.15) is 16.8 Å². The predicted molar refractivity (Wildman–Crippen MR) is 57.4 cm³/mol. The first-order chi connectivity index (χ1) is 6.69. The molecule has 0 heterocycles. The van der Waals surface area contributed by atoms with Crippen molar-refractivity contribution in [1.29, 1.82) is 0 Å². The van der Waals surface area contributed by atoms with Crippen LogP contribution in [0.5, 0.6) is 11.5 Å². The van der Waals surface area contributed by atoms with Gasteiger partial charge in [0.15, 0.2) is 17.3 Å². The van der Waals surface area contributed by atoms with Gasteiger partial charge >= 0.3 is 0 Å². The molecule has 0 saturated carbocycles. The van der Waals surface area contributed by atoms with Gasteiger partial charge in [0, 0.05) is 17.3 Å². The van der Waals surface area contributed by atoms with E-state index in [0.29, 0.717) is 23.1 Å². The maximum atomic E-state index is 11.5. The molecule has 0 bridgehead atoms. The number of aromatic hydroxyl groups is 1. The van der Waals surface area contributed by atoms with Gasteiger partial charge in [-0.25, -0.2) is 0 Å². The molecule has 4 heteroatoms. The fraction of sp³-hybridized carbons (Fsp3) is 0.300. The number of ketones is 1. The van der Waals surface area contributed by atoms with Crippen LogP contribution >= 0.6 is 15.9 Å². The monoisotopic (exact) mass is 258 g/mol. The standard InChI is InChI=1S/C10H11BrO3/c1-14-10-6-7(2-3-9(10)13)8(12)4-5-11/h2-3,6,13H,4-5H2,1H3. The molecule has 0 radical (unpaired) electrons.